The average Bonchev–Trinajstić information content (AvgIpc) is 3.09. The largest absolute Gasteiger partial charge is 0.368 e. The summed E-state index contributed by atoms with van der Waals surface area (Å²) in [5.41, 5.74) is 2.88. The summed E-state index contributed by atoms with van der Waals surface area (Å²) in [5.74, 6) is -0.946. The number of piperidine rings is 1. The normalized spacial score (nSPS) is 18.9. The Morgan fingerprint density at radius 3 is 2.29 bits per heavy atom. The van der Waals surface area contributed by atoms with Crippen LogP contribution in [0.15, 0.2) is 41.3 Å². The molecule has 2 aromatic heterocycles. The molecular formula is C22H23N7O5. The lowest BCUT2D eigenvalue weighted by Crippen LogP contribution is -2.46. The molecule has 12 heteroatoms. The minimum atomic E-state index is -0.710. The monoisotopic (exact) mass is 465 g/mol. The van der Waals surface area contributed by atoms with E-state index in [1.165, 1.54) is 21.4 Å². The van der Waals surface area contributed by atoms with Crippen molar-refractivity contribution < 1.29 is 14.5 Å². The summed E-state index contributed by atoms with van der Waals surface area (Å²) in [6, 6.07) is 8.14. The molecule has 0 spiro atoms. The van der Waals surface area contributed by atoms with Gasteiger partial charge in [-0.2, -0.15) is 0 Å². The topological polar surface area (TPSA) is 136 Å². The minimum absolute atomic E-state index is 0.175. The van der Waals surface area contributed by atoms with Crippen LogP contribution in [0.5, 0.6) is 0 Å². The van der Waals surface area contributed by atoms with Gasteiger partial charge in [0.15, 0.2) is 6.20 Å². The van der Waals surface area contributed by atoms with Crippen molar-refractivity contribution in [3.63, 3.8) is 0 Å². The van der Waals surface area contributed by atoms with Crippen molar-refractivity contribution in [1.82, 2.24) is 19.4 Å². The Balaban J connectivity index is 1.36. The molecule has 0 bridgehead atoms. The maximum absolute atomic E-state index is 13.0. The highest BCUT2D eigenvalue weighted by Gasteiger charge is 2.31. The molecule has 12 nitrogen and oxygen atoms in total. The van der Waals surface area contributed by atoms with Gasteiger partial charge in [-0.3, -0.25) is 24.0 Å². The molecule has 2 aliphatic rings. The van der Waals surface area contributed by atoms with Gasteiger partial charge in [0.05, 0.1) is 16.7 Å². The third kappa shape index (κ3) is 3.66. The van der Waals surface area contributed by atoms with Crippen LogP contribution in [0.25, 0.3) is 11.0 Å². The van der Waals surface area contributed by atoms with Crippen LogP contribution in [0, 0.1) is 10.1 Å². The van der Waals surface area contributed by atoms with E-state index in [9.17, 15) is 24.5 Å². The standard InChI is InChI=1S/C22H23N7O5/c1-25-18-12-14(2-4-16(18)28(22(25)32)17-5-7-20(30)24-21(17)31)26-8-10-27(11-9-26)15-3-6-19(23-13-15)29(33)34/h2-4,6,12-13,17H,5,7-11H2,1H3,(H,24,30,31). The number of imidazole rings is 1. The van der Waals surface area contributed by atoms with E-state index in [2.05, 4.69) is 20.1 Å². The summed E-state index contributed by atoms with van der Waals surface area (Å²) in [6.07, 6.45) is 2.02. The number of nitrogens with zero attached hydrogens (tertiary/aromatic N) is 6. The lowest BCUT2D eigenvalue weighted by Gasteiger charge is -2.36. The zero-order valence-corrected chi connectivity index (χ0v) is 18.5. The predicted octanol–water partition coefficient (Wildman–Crippen LogP) is 0.948. The first kappa shape index (κ1) is 21.6. The number of rotatable bonds is 4. The summed E-state index contributed by atoms with van der Waals surface area (Å²) < 4.78 is 3.00. The average molecular weight is 465 g/mol. The van der Waals surface area contributed by atoms with Crippen LogP contribution in [0.3, 0.4) is 0 Å². The Labute approximate surface area is 193 Å². The zero-order valence-electron chi connectivity index (χ0n) is 18.5. The zero-order chi connectivity index (χ0) is 24.0. The molecule has 2 aliphatic heterocycles. The third-order valence-electron chi connectivity index (χ3n) is 6.52. The lowest BCUT2D eigenvalue weighted by atomic mass is 10.1. The molecule has 34 heavy (non-hydrogen) atoms. The van der Waals surface area contributed by atoms with Crippen molar-refractivity contribution in [2.24, 2.45) is 7.05 Å². The Bertz CT molecular complexity index is 1350. The van der Waals surface area contributed by atoms with E-state index in [1.807, 2.05) is 18.2 Å². The number of nitro groups is 1. The van der Waals surface area contributed by atoms with Gasteiger partial charge >= 0.3 is 11.5 Å². The summed E-state index contributed by atoms with van der Waals surface area (Å²) in [6.45, 7) is 2.88. The summed E-state index contributed by atoms with van der Waals surface area (Å²) in [7, 11) is 1.68. The van der Waals surface area contributed by atoms with Gasteiger partial charge in [0.1, 0.15) is 6.04 Å². The number of aryl methyl sites for hydroxylation is 1. The molecule has 3 aromatic rings. The van der Waals surface area contributed by atoms with E-state index in [1.54, 1.807) is 13.1 Å². The number of anilines is 2. The molecule has 4 heterocycles. The van der Waals surface area contributed by atoms with Crippen molar-refractivity contribution in [1.29, 1.82) is 0 Å². The fraction of sp³-hybridized carbons (Fsp3) is 0.364. The maximum atomic E-state index is 13.0. The number of amides is 2. The van der Waals surface area contributed by atoms with Gasteiger partial charge in [0.25, 0.3) is 0 Å². The Hall–Kier alpha value is -4.22. The minimum Gasteiger partial charge on any atom is -0.368 e. The first-order valence-electron chi connectivity index (χ1n) is 11.0. The smallest absolute Gasteiger partial charge is 0.363 e. The molecule has 1 atom stereocenters. The highest BCUT2D eigenvalue weighted by atomic mass is 16.6. The second-order valence-corrected chi connectivity index (χ2v) is 8.46. The summed E-state index contributed by atoms with van der Waals surface area (Å²) in [4.78, 5) is 55.4. The quantitative estimate of drug-likeness (QED) is 0.342. The van der Waals surface area contributed by atoms with E-state index in [0.717, 1.165) is 24.5 Å². The van der Waals surface area contributed by atoms with Crippen molar-refractivity contribution in [3.8, 4) is 0 Å². The number of hydrogen-bond acceptors (Lipinski definition) is 8. The van der Waals surface area contributed by atoms with E-state index in [4.69, 9.17) is 0 Å². The molecule has 2 saturated heterocycles. The van der Waals surface area contributed by atoms with Gasteiger partial charge in [-0.1, -0.05) is 0 Å². The molecular weight excluding hydrogens is 442 g/mol. The predicted molar refractivity (Wildman–Crippen MR) is 124 cm³/mol. The fourth-order valence-corrected chi connectivity index (χ4v) is 4.67. The van der Waals surface area contributed by atoms with Crippen LogP contribution >= 0.6 is 0 Å². The van der Waals surface area contributed by atoms with Gasteiger partial charge < -0.3 is 19.9 Å². The van der Waals surface area contributed by atoms with Crippen LogP contribution in [-0.2, 0) is 16.6 Å². The van der Waals surface area contributed by atoms with Gasteiger partial charge in [-0.05, 0) is 40.6 Å². The van der Waals surface area contributed by atoms with Crippen molar-refractivity contribution in [2.75, 3.05) is 36.0 Å². The first-order valence-corrected chi connectivity index (χ1v) is 11.0. The van der Waals surface area contributed by atoms with E-state index < -0.39 is 16.9 Å². The third-order valence-corrected chi connectivity index (χ3v) is 6.52. The molecule has 0 aliphatic carbocycles. The molecule has 176 valence electrons. The molecule has 2 amide bonds. The molecule has 1 unspecified atom stereocenters. The van der Waals surface area contributed by atoms with Gasteiger partial charge in [0.2, 0.25) is 11.8 Å². The Morgan fingerprint density at radius 1 is 1.00 bits per heavy atom. The highest BCUT2D eigenvalue weighted by molar-refractivity contribution is 6.00. The fourth-order valence-electron chi connectivity index (χ4n) is 4.67. The van der Waals surface area contributed by atoms with Crippen LogP contribution in [0.1, 0.15) is 18.9 Å². The molecule has 1 aromatic carbocycles. The second kappa shape index (κ2) is 8.28. The SMILES string of the molecule is Cn1c(=O)n(C2CCC(=O)NC2=O)c2ccc(N3CCN(c4ccc([N+](=O)[O-])nc4)CC3)cc21. The van der Waals surface area contributed by atoms with Crippen molar-refractivity contribution in [3.05, 3.63) is 57.1 Å². The molecule has 1 N–H and O–H groups in total. The van der Waals surface area contributed by atoms with Crippen LogP contribution < -0.4 is 20.8 Å². The number of hydrogen-bond donors (Lipinski definition) is 1. The number of pyridine rings is 1. The van der Waals surface area contributed by atoms with E-state index >= 15 is 0 Å². The highest BCUT2D eigenvalue weighted by Crippen LogP contribution is 2.27. The lowest BCUT2D eigenvalue weighted by molar-refractivity contribution is -0.389. The van der Waals surface area contributed by atoms with Crippen LogP contribution in [0.2, 0.25) is 0 Å². The maximum Gasteiger partial charge on any atom is 0.363 e. The number of benzene rings is 1. The van der Waals surface area contributed by atoms with Crippen molar-refractivity contribution in [2.45, 2.75) is 18.9 Å². The van der Waals surface area contributed by atoms with Gasteiger partial charge in [-0.25, -0.2) is 4.79 Å². The number of carbonyl (C=O) groups excluding carboxylic acids is 2. The van der Waals surface area contributed by atoms with Crippen LogP contribution in [0.4, 0.5) is 17.2 Å². The van der Waals surface area contributed by atoms with E-state index in [-0.39, 0.29) is 23.8 Å². The first-order chi connectivity index (χ1) is 16.3. The van der Waals surface area contributed by atoms with Gasteiger partial charge in [-0.15, -0.1) is 0 Å². The van der Waals surface area contributed by atoms with E-state index in [0.29, 0.717) is 30.5 Å². The molecule has 5 rings (SSSR count). The Kier molecular flexibility index (Phi) is 5.27. The second-order valence-electron chi connectivity index (χ2n) is 8.46. The number of aromatic nitrogens is 3. The number of imide groups is 1. The number of fused-ring (bicyclic) bond motifs is 1. The number of nitrogens with one attached hydrogen (secondary N) is 1. The molecule has 2 fully saturated rings. The number of carbonyl (C=O) groups is 2. The number of piperazine rings is 1. The van der Waals surface area contributed by atoms with Crippen molar-refractivity contribution >= 4 is 40.0 Å². The molecule has 0 saturated carbocycles. The Morgan fingerprint density at radius 2 is 1.68 bits per heavy atom. The summed E-state index contributed by atoms with van der Waals surface area (Å²) >= 11 is 0. The molecule has 0 radical (unpaired) electrons. The van der Waals surface area contributed by atoms with Gasteiger partial charge in [0, 0.05) is 51.4 Å². The summed E-state index contributed by atoms with van der Waals surface area (Å²) in [5, 5.41) is 13.1. The van der Waals surface area contributed by atoms with Crippen LogP contribution in [-0.4, -0.2) is 57.0 Å².